The van der Waals surface area contributed by atoms with E-state index in [0.29, 0.717) is 0 Å². The van der Waals surface area contributed by atoms with Gasteiger partial charge in [-0.15, -0.1) is 0 Å². The number of halogens is 1. The number of benzene rings is 1. The van der Waals surface area contributed by atoms with Crippen LogP contribution < -0.4 is 4.87 Å². The minimum absolute atomic E-state index is 0.0208. The number of nitrogens with zero attached hydrogens (tertiary/aromatic N) is 1. The average molecular weight is 337 g/mol. The van der Waals surface area contributed by atoms with E-state index in [-0.39, 0.29) is 4.87 Å². The highest BCUT2D eigenvalue weighted by Gasteiger charge is 2.16. The highest BCUT2D eigenvalue weighted by Crippen LogP contribution is 2.28. The Bertz CT molecular complexity index is 699. The van der Waals surface area contributed by atoms with Crippen LogP contribution in [0.3, 0.4) is 0 Å². The Labute approximate surface area is 139 Å². The Hall–Kier alpha value is -1.10. The Morgan fingerprint density at radius 2 is 1.95 bits per heavy atom. The van der Waals surface area contributed by atoms with Crippen LogP contribution in [0.15, 0.2) is 23.0 Å². The van der Waals surface area contributed by atoms with Crippen LogP contribution in [0.5, 0.6) is 0 Å². The molecule has 1 saturated heterocycles. The van der Waals surface area contributed by atoms with Crippen LogP contribution in [0.2, 0.25) is 5.02 Å². The molecule has 1 aromatic heterocycles. The van der Waals surface area contributed by atoms with Gasteiger partial charge in [-0.05, 0) is 56.1 Å². The summed E-state index contributed by atoms with van der Waals surface area (Å²) in [5.41, 5.74) is 3.04. The van der Waals surface area contributed by atoms with Gasteiger partial charge in [-0.2, -0.15) is 0 Å². The second-order valence-corrected chi connectivity index (χ2v) is 7.44. The predicted octanol–water partition coefficient (Wildman–Crippen LogP) is 4.44. The zero-order chi connectivity index (χ0) is 15.5. The monoisotopic (exact) mass is 336 g/mol. The molecule has 0 amide bonds. The van der Waals surface area contributed by atoms with E-state index in [1.54, 1.807) is 0 Å². The molecule has 1 aliphatic heterocycles. The van der Waals surface area contributed by atoms with E-state index in [0.717, 1.165) is 46.4 Å². The van der Waals surface area contributed by atoms with Crippen molar-refractivity contribution in [2.24, 2.45) is 0 Å². The Morgan fingerprint density at radius 3 is 2.64 bits per heavy atom. The van der Waals surface area contributed by atoms with Gasteiger partial charge in [-0.3, -0.25) is 9.69 Å². The minimum Gasteiger partial charge on any atom is -0.312 e. The third kappa shape index (κ3) is 3.62. The Morgan fingerprint density at radius 1 is 1.23 bits per heavy atom. The van der Waals surface area contributed by atoms with Crippen molar-refractivity contribution in [3.8, 4) is 11.3 Å². The lowest BCUT2D eigenvalue weighted by molar-refractivity contribution is 0.279. The lowest BCUT2D eigenvalue weighted by atomic mass is 10.1. The van der Waals surface area contributed by atoms with Gasteiger partial charge in [0.25, 0.3) is 0 Å². The van der Waals surface area contributed by atoms with Crippen LogP contribution in [0, 0.1) is 6.92 Å². The van der Waals surface area contributed by atoms with E-state index in [9.17, 15) is 4.79 Å². The van der Waals surface area contributed by atoms with Crippen molar-refractivity contribution in [1.82, 2.24) is 9.88 Å². The van der Waals surface area contributed by atoms with E-state index in [4.69, 9.17) is 11.6 Å². The molecular weight excluding hydrogens is 316 g/mol. The highest BCUT2D eigenvalue weighted by atomic mass is 35.5. The standard InChI is InChI=1S/C17H21ClN2OS/c1-12-10-13(6-7-14(12)18)16-15(22-17(21)19-16)11-20-8-4-2-3-5-9-20/h6-7,10H,2-5,8-9,11H2,1H3,(H,19,21). The summed E-state index contributed by atoms with van der Waals surface area (Å²) >= 11 is 7.44. The van der Waals surface area contributed by atoms with Crippen molar-refractivity contribution < 1.29 is 0 Å². The molecule has 1 aliphatic rings. The smallest absolute Gasteiger partial charge is 0.305 e. The van der Waals surface area contributed by atoms with Crippen LogP contribution >= 0.6 is 22.9 Å². The lowest BCUT2D eigenvalue weighted by Crippen LogP contribution is -2.23. The first-order valence-electron chi connectivity index (χ1n) is 7.84. The van der Waals surface area contributed by atoms with Crippen molar-refractivity contribution in [2.75, 3.05) is 13.1 Å². The van der Waals surface area contributed by atoms with Gasteiger partial charge in [0, 0.05) is 16.4 Å². The van der Waals surface area contributed by atoms with Gasteiger partial charge in [0.05, 0.1) is 5.69 Å². The first-order chi connectivity index (χ1) is 10.6. The largest absolute Gasteiger partial charge is 0.312 e. The molecule has 0 radical (unpaired) electrons. The number of aromatic amines is 1. The van der Waals surface area contributed by atoms with E-state index >= 15 is 0 Å². The number of hydrogen-bond donors (Lipinski definition) is 1. The molecule has 3 nitrogen and oxygen atoms in total. The van der Waals surface area contributed by atoms with E-state index < -0.39 is 0 Å². The van der Waals surface area contributed by atoms with Crippen LogP contribution in [-0.4, -0.2) is 23.0 Å². The highest BCUT2D eigenvalue weighted by molar-refractivity contribution is 7.09. The summed E-state index contributed by atoms with van der Waals surface area (Å²) in [7, 11) is 0. The minimum atomic E-state index is 0.0208. The van der Waals surface area contributed by atoms with Gasteiger partial charge in [0.1, 0.15) is 0 Å². The van der Waals surface area contributed by atoms with Gasteiger partial charge in [-0.25, -0.2) is 0 Å². The van der Waals surface area contributed by atoms with E-state index in [1.165, 1.54) is 37.0 Å². The fourth-order valence-corrected chi connectivity index (χ4v) is 4.01. The van der Waals surface area contributed by atoms with Gasteiger partial charge in [-0.1, -0.05) is 41.8 Å². The van der Waals surface area contributed by atoms with Gasteiger partial charge >= 0.3 is 4.87 Å². The average Bonchev–Trinajstić information content (AvgIpc) is 2.70. The molecule has 5 heteroatoms. The van der Waals surface area contributed by atoms with Crippen molar-refractivity contribution in [1.29, 1.82) is 0 Å². The summed E-state index contributed by atoms with van der Waals surface area (Å²) in [6.45, 7) is 5.11. The maximum Gasteiger partial charge on any atom is 0.305 e. The SMILES string of the molecule is Cc1cc(-c2[nH]c(=O)sc2CN2CCCCCC2)ccc1Cl. The Kier molecular flexibility index (Phi) is 5.01. The fraction of sp³-hybridized carbons (Fsp3) is 0.471. The van der Waals surface area contributed by atoms with Crippen LogP contribution in [-0.2, 0) is 6.54 Å². The molecule has 0 aliphatic carbocycles. The molecule has 3 rings (SSSR count). The zero-order valence-electron chi connectivity index (χ0n) is 12.8. The molecule has 2 aromatic rings. The number of H-pyrrole nitrogens is 1. The number of hydrogen-bond acceptors (Lipinski definition) is 3. The van der Waals surface area contributed by atoms with Crippen LogP contribution in [0.1, 0.15) is 36.1 Å². The van der Waals surface area contributed by atoms with Crippen molar-refractivity contribution in [2.45, 2.75) is 39.2 Å². The molecule has 0 spiro atoms. The molecule has 0 bridgehead atoms. The zero-order valence-corrected chi connectivity index (χ0v) is 14.4. The van der Waals surface area contributed by atoms with Crippen LogP contribution in [0.25, 0.3) is 11.3 Å². The number of thiazole rings is 1. The normalized spacial score (nSPS) is 16.6. The van der Waals surface area contributed by atoms with Crippen LogP contribution in [0.4, 0.5) is 0 Å². The number of aryl methyl sites for hydroxylation is 1. The topological polar surface area (TPSA) is 36.1 Å². The van der Waals surface area contributed by atoms with E-state index in [2.05, 4.69) is 9.88 Å². The molecule has 1 fully saturated rings. The second-order valence-electron chi connectivity index (χ2n) is 5.97. The number of aromatic nitrogens is 1. The van der Waals surface area contributed by atoms with E-state index in [1.807, 2.05) is 25.1 Å². The maximum atomic E-state index is 11.9. The first kappa shape index (κ1) is 15.8. The van der Waals surface area contributed by atoms with Gasteiger partial charge in [0.2, 0.25) is 0 Å². The predicted molar refractivity (Wildman–Crippen MR) is 93.9 cm³/mol. The summed E-state index contributed by atoms with van der Waals surface area (Å²) in [6, 6.07) is 5.93. The van der Waals surface area contributed by atoms with Gasteiger partial charge < -0.3 is 4.98 Å². The molecule has 22 heavy (non-hydrogen) atoms. The molecule has 1 N–H and O–H groups in total. The van der Waals surface area contributed by atoms with Crippen molar-refractivity contribution in [3.63, 3.8) is 0 Å². The third-order valence-corrected chi connectivity index (χ3v) is 5.53. The van der Waals surface area contributed by atoms with Gasteiger partial charge in [0.15, 0.2) is 0 Å². The fourth-order valence-electron chi connectivity index (χ4n) is 3.00. The quantitative estimate of drug-likeness (QED) is 0.899. The molecule has 0 unspecified atom stereocenters. The molecule has 2 heterocycles. The molecule has 0 saturated carbocycles. The summed E-state index contributed by atoms with van der Waals surface area (Å²) < 4.78 is 0. The summed E-state index contributed by atoms with van der Waals surface area (Å²) in [4.78, 5) is 18.5. The molecule has 0 atom stereocenters. The Balaban J connectivity index is 1.88. The first-order valence-corrected chi connectivity index (χ1v) is 9.04. The number of likely N-dealkylation sites (tertiary alicyclic amines) is 1. The van der Waals surface area contributed by atoms with Crippen molar-refractivity contribution >= 4 is 22.9 Å². The summed E-state index contributed by atoms with van der Waals surface area (Å²) in [6.07, 6.45) is 5.16. The molecular formula is C17H21ClN2OS. The third-order valence-electron chi connectivity index (χ3n) is 4.23. The summed E-state index contributed by atoms with van der Waals surface area (Å²) in [5, 5.41) is 0.760. The molecule has 1 aromatic carbocycles. The number of rotatable bonds is 3. The maximum absolute atomic E-state index is 11.9. The number of nitrogens with one attached hydrogen (secondary N) is 1. The molecule has 118 valence electrons. The summed E-state index contributed by atoms with van der Waals surface area (Å²) in [5.74, 6) is 0. The lowest BCUT2D eigenvalue weighted by Gasteiger charge is -2.19. The second kappa shape index (κ2) is 6.99. The van der Waals surface area contributed by atoms with Crippen molar-refractivity contribution in [3.05, 3.63) is 43.3 Å².